The maximum Gasteiger partial charge on any atom is 0.330 e. The summed E-state index contributed by atoms with van der Waals surface area (Å²) in [6.07, 6.45) is 16.1. The van der Waals surface area contributed by atoms with Crippen molar-refractivity contribution in [1.82, 2.24) is 0 Å². The van der Waals surface area contributed by atoms with E-state index in [1.165, 1.54) is 38.2 Å². The van der Waals surface area contributed by atoms with Crippen LogP contribution in [0.5, 0.6) is 5.75 Å². The largest absolute Gasteiger partial charge is 0.465 e. The van der Waals surface area contributed by atoms with E-state index in [9.17, 15) is 14.4 Å². The van der Waals surface area contributed by atoms with Crippen LogP contribution in [0.1, 0.15) is 109 Å². The fourth-order valence-electron chi connectivity index (χ4n) is 6.05. The van der Waals surface area contributed by atoms with E-state index >= 15 is 0 Å². The first-order valence-electron chi connectivity index (χ1n) is 15.6. The normalized spacial score (nSPS) is 23.9. The van der Waals surface area contributed by atoms with Crippen LogP contribution in [-0.2, 0) is 23.9 Å². The molecule has 2 saturated carbocycles. The molecule has 1 aromatic rings. The van der Waals surface area contributed by atoms with Gasteiger partial charge in [-0.25, -0.2) is 4.79 Å². The number of hydrogen-bond acceptors (Lipinski definition) is 6. The molecule has 0 bridgehead atoms. The first-order valence-corrected chi connectivity index (χ1v) is 15.6. The fraction of sp³-hybridized carbons (Fsp3) is 0.676. The summed E-state index contributed by atoms with van der Waals surface area (Å²) in [6.45, 7) is 8.65. The fourth-order valence-corrected chi connectivity index (χ4v) is 6.05. The van der Waals surface area contributed by atoms with Crippen LogP contribution in [0, 0.1) is 36.5 Å². The zero-order chi connectivity index (χ0) is 28.9. The van der Waals surface area contributed by atoms with E-state index in [0.717, 1.165) is 61.0 Å². The Kier molecular flexibility index (Phi) is 13.2. The summed E-state index contributed by atoms with van der Waals surface area (Å²) in [6, 6.07) is 5.55. The van der Waals surface area contributed by atoms with Gasteiger partial charge < -0.3 is 14.2 Å². The van der Waals surface area contributed by atoms with Crippen LogP contribution in [0.15, 0.2) is 24.3 Å². The van der Waals surface area contributed by atoms with Gasteiger partial charge in [0.1, 0.15) is 5.75 Å². The molecule has 6 nitrogen and oxygen atoms in total. The summed E-state index contributed by atoms with van der Waals surface area (Å²) >= 11 is 0. The van der Waals surface area contributed by atoms with Crippen molar-refractivity contribution in [2.75, 3.05) is 13.2 Å². The Morgan fingerprint density at radius 2 is 1.52 bits per heavy atom. The minimum Gasteiger partial charge on any atom is -0.465 e. The molecule has 2 fully saturated rings. The number of carbonyl (C=O) groups is 3. The highest BCUT2D eigenvalue weighted by Crippen LogP contribution is 2.42. The van der Waals surface area contributed by atoms with Gasteiger partial charge >= 0.3 is 17.9 Å². The molecular formula is C34H50O6. The molecule has 1 aromatic carbocycles. The maximum absolute atomic E-state index is 12.9. The SMILES string of the molecule is CCC1CCC(C2CCC(C(=O)Oc3ccc(/C=C/C(=O)OCCCCOC(=O)C(C)CC)cc3C)CC2)CC1. The number of aryl methyl sites for hydroxylation is 1. The molecule has 40 heavy (non-hydrogen) atoms. The molecule has 3 rings (SSSR count). The van der Waals surface area contributed by atoms with Gasteiger partial charge in [-0.05, 0) is 112 Å². The van der Waals surface area contributed by atoms with Crippen molar-refractivity contribution in [3.05, 3.63) is 35.4 Å². The molecule has 0 aromatic heterocycles. The number of ether oxygens (including phenoxy) is 3. The Labute approximate surface area is 241 Å². The maximum atomic E-state index is 12.9. The van der Waals surface area contributed by atoms with Crippen molar-refractivity contribution in [3.8, 4) is 5.75 Å². The third kappa shape index (κ3) is 10.1. The van der Waals surface area contributed by atoms with Gasteiger partial charge in [0.25, 0.3) is 0 Å². The van der Waals surface area contributed by atoms with Crippen molar-refractivity contribution in [2.24, 2.45) is 29.6 Å². The predicted molar refractivity (Wildman–Crippen MR) is 158 cm³/mol. The molecular weight excluding hydrogens is 504 g/mol. The van der Waals surface area contributed by atoms with Crippen LogP contribution in [0.2, 0.25) is 0 Å². The monoisotopic (exact) mass is 554 g/mol. The van der Waals surface area contributed by atoms with Gasteiger partial charge in [0, 0.05) is 6.08 Å². The van der Waals surface area contributed by atoms with E-state index in [1.54, 1.807) is 12.1 Å². The molecule has 6 heteroatoms. The van der Waals surface area contributed by atoms with Crippen molar-refractivity contribution >= 4 is 24.0 Å². The summed E-state index contributed by atoms with van der Waals surface area (Å²) in [5.74, 6) is 2.33. The number of carbonyl (C=O) groups excluding carboxylic acids is 3. The summed E-state index contributed by atoms with van der Waals surface area (Å²) in [5, 5.41) is 0. The van der Waals surface area contributed by atoms with Gasteiger partial charge in [-0.1, -0.05) is 46.1 Å². The van der Waals surface area contributed by atoms with Crippen LogP contribution in [-0.4, -0.2) is 31.1 Å². The lowest BCUT2D eigenvalue weighted by atomic mass is 9.69. The Morgan fingerprint density at radius 1 is 0.900 bits per heavy atom. The molecule has 0 spiro atoms. The van der Waals surface area contributed by atoms with E-state index in [4.69, 9.17) is 14.2 Å². The van der Waals surface area contributed by atoms with E-state index in [0.29, 0.717) is 25.2 Å². The molecule has 0 saturated heterocycles. The molecule has 1 atom stereocenters. The lowest BCUT2D eigenvalue weighted by Gasteiger charge is -2.37. The second-order valence-corrected chi connectivity index (χ2v) is 11.9. The second-order valence-electron chi connectivity index (χ2n) is 11.9. The number of benzene rings is 1. The molecule has 1 unspecified atom stereocenters. The Hall–Kier alpha value is -2.63. The van der Waals surface area contributed by atoms with E-state index < -0.39 is 5.97 Å². The summed E-state index contributed by atoms with van der Waals surface area (Å²) in [7, 11) is 0. The molecule has 0 radical (unpaired) electrons. The second kappa shape index (κ2) is 16.6. The topological polar surface area (TPSA) is 78.9 Å². The zero-order valence-electron chi connectivity index (χ0n) is 25.1. The number of esters is 3. The van der Waals surface area contributed by atoms with Crippen molar-refractivity contribution in [2.45, 2.75) is 105 Å². The van der Waals surface area contributed by atoms with E-state index in [1.807, 2.05) is 32.9 Å². The van der Waals surface area contributed by atoms with Crippen molar-refractivity contribution in [3.63, 3.8) is 0 Å². The number of hydrogen-bond donors (Lipinski definition) is 0. The average Bonchev–Trinajstić information content (AvgIpc) is 2.98. The highest BCUT2D eigenvalue weighted by Gasteiger charge is 2.33. The van der Waals surface area contributed by atoms with Gasteiger partial charge in [-0.2, -0.15) is 0 Å². The zero-order valence-corrected chi connectivity index (χ0v) is 25.1. The summed E-state index contributed by atoms with van der Waals surface area (Å²) in [4.78, 5) is 36.6. The van der Waals surface area contributed by atoms with E-state index in [-0.39, 0.29) is 30.4 Å². The van der Waals surface area contributed by atoms with Gasteiger partial charge in [-0.15, -0.1) is 0 Å². The molecule has 0 aliphatic heterocycles. The van der Waals surface area contributed by atoms with Crippen molar-refractivity contribution in [1.29, 1.82) is 0 Å². The smallest absolute Gasteiger partial charge is 0.330 e. The third-order valence-electron chi connectivity index (χ3n) is 9.10. The predicted octanol–water partition coefficient (Wildman–Crippen LogP) is 7.85. The lowest BCUT2D eigenvalue weighted by molar-refractivity contribution is -0.148. The van der Waals surface area contributed by atoms with Crippen LogP contribution >= 0.6 is 0 Å². The highest BCUT2D eigenvalue weighted by atomic mass is 16.5. The van der Waals surface area contributed by atoms with Gasteiger partial charge in [0.15, 0.2) is 0 Å². The highest BCUT2D eigenvalue weighted by molar-refractivity contribution is 5.87. The summed E-state index contributed by atoms with van der Waals surface area (Å²) in [5.41, 5.74) is 1.70. The van der Waals surface area contributed by atoms with Gasteiger partial charge in [-0.3, -0.25) is 9.59 Å². The Morgan fingerprint density at radius 3 is 2.12 bits per heavy atom. The molecule has 2 aliphatic rings. The standard InChI is InChI=1S/C34H50O6/c1-5-24(3)33(36)39-22-8-7-21-38-32(35)20-12-27-11-19-31(25(4)23-27)40-34(37)30-17-15-29(16-18-30)28-13-9-26(6-2)10-14-28/h11-12,19-20,23-24,26,28-30H,5-10,13-18,21-22H2,1-4H3/b20-12+. The Balaban J connectivity index is 1.35. The first-order chi connectivity index (χ1) is 19.3. The number of unbranched alkanes of at least 4 members (excludes halogenated alkanes) is 1. The molecule has 2 aliphatic carbocycles. The first kappa shape index (κ1) is 31.9. The molecule has 0 heterocycles. The number of rotatable bonds is 13. The van der Waals surface area contributed by atoms with Crippen LogP contribution in [0.3, 0.4) is 0 Å². The van der Waals surface area contributed by atoms with Crippen LogP contribution in [0.25, 0.3) is 6.08 Å². The molecule has 0 N–H and O–H groups in total. The van der Waals surface area contributed by atoms with Crippen LogP contribution < -0.4 is 4.74 Å². The molecule has 222 valence electrons. The molecule has 0 amide bonds. The van der Waals surface area contributed by atoms with E-state index in [2.05, 4.69) is 6.92 Å². The van der Waals surface area contributed by atoms with Gasteiger partial charge in [0.05, 0.1) is 25.0 Å². The minimum absolute atomic E-state index is 0.0103. The quantitative estimate of drug-likeness (QED) is 0.107. The lowest BCUT2D eigenvalue weighted by Crippen LogP contribution is -2.30. The van der Waals surface area contributed by atoms with Gasteiger partial charge in [0.2, 0.25) is 0 Å². The summed E-state index contributed by atoms with van der Waals surface area (Å²) < 4.78 is 16.2. The minimum atomic E-state index is -0.418. The van der Waals surface area contributed by atoms with Crippen molar-refractivity contribution < 1.29 is 28.6 Å². The van der Waals surface area contributed by atoms with Crippen LogP contribution in [0.4, 0.5) is 0 Å². The Bertz CT molecular complexity index is 982. The average molecular weight is 555 g/mol. The third-order valence-corrected chi connectivity index (χ3v) is 9.10.